The van der Waals surface area contributed by atoms with Gasteiger partial charge in [-0.2, -0.15) is 0 Å². The second kappa shape index (κ2) is 15.1. The topological polar surface area (TPSA) is 9.23 Å². The Hall–Kier alpha value is -1.76. The number of ether oxygens (including phenoxy) is 1. The SMILES string of the molecule is CCCCc1cc(CCCC)cc(-c2cc(CCCC)cc(CCCC)c2OCCC)c1. The maximum absolute atomic E-state index is 6.47. The van der Waals surface area contributed by atoms with E-state index in [-0.39, 0.29) is 0 Å². The molecule has 0 radical (unpaired) electrons. The van der Waals surface area contributed by atoms with E-state index in [0.717, 1.165) is 31.6 Å². The zero-order valence-corrected chi connectivity index (χ0v) is 21.7. The zero-order valence-electron chi connectivity index (χ0n) is 21.7. The average Bonchev–Trinajstić information content (AvgIpc) is 2.82. The van der Waals surface area contributed by atoms with Crippen LogP contribution in [0.5, 0.6) is 5.75 Å². The van der Waals surface area contributed by atoms with Gasteiger partial charge in [0.15, 0.2) is 0 Å². The molecule has 0 unspecified atom stereocenters. The summed E-state index contributed by atoms with van der Waals surface area (Å²) in [5, 5.41) is 0. The first-order chi connectivity index (χ1) is 15.7. The molecule has 0 heterocycles. The number of unbranched alkanes of at least 4 members (excludes halogenated alkanes) is 4. The molecule has 0 aliphatic heterocycles. The number of hydrogen-bond donors (Lipinski definition) is 0. The van der Waals surface area contributed by atoms with Gasteiger partial charge >= 0.3 is 0 Å². The minimum Gasteiger partial charge on any atom is -0.493 e. The number of rotatable bonds is 16. The molecule has 2 rings (SSSR count). The molecule has 0 aliphatic carbocycles. The molecular formula is C31H48O. The average molecular weight is 437 g/mol. The number of aryl methyl sites for hydroxylation is 4. The molecule has 0 aromatic heterocycles. The molecule has 1 nitrogen and oxygen atoms in total. The second-order valence-corrected chi connectivity index (χ2v) is 9.43. The van der Waals surface area contributed by atoms with Crippen LogP contribution in [0.15, 0.2) is 30.3 Å². The summed E-state index contributed by atoms with van der Waals surface area (Å²) in [6.45, 7) is 12.1. The summed E-state index contributed by atoms with van der Waals surface area (Å²) in [6, 6.07) is 12.2. The van der Waals surface area contributed by atoms with Crippen molar-refractivity contribution in [2.24, 2.45) is 0 Å². The lowest BCUT2D eigenvalue weighted by Gasteiger charge is -2.20. The molecule has 0 saturated heterocycles. The maximum Gasteiger partial charge on any atom is 0.130 e. The molecule has 32 heavy (non-hydrogen) atoms. The Morgan fingerprint density at radius 2 is 1.03 bits per heavy atom. The van der Waals surface area contributed by atoms with Crippen LogP contribution in [0.25, 0.3) is 11.1 Å². The van der Waals surface area contributed by atoms with Gasteiger partial charge in [-0.1, -0.05) is 84.6 Å². The number of benzene rings is 2. The first-order valence-corrected chi connectivity index (χ1v) is 13.6. The van der Waals surface area contributed by atoms with E-state index < -0.39 is 0 Å². The van der Waals surface area contributed by atoms with Crippen LogP contribution in [0.1, 0.15) is 115 Å². The molecule has 0 fully saturated rings. The monoisotopic (exact) mass is 436 g/mol. The standard InChI is InChI=1S/C31H48O/c1-6-11-15-25-20-26(16-12-7-2)23-29(22-25)30-24-27(17-13-8-3)21-28(18-14-9-4)31(30)32-19-10-5/h20-24H,6-19H2,1-5H3. The van der Waals surface area contributed by atoms with Gasteiger partial charge in [-0.3, -0.25) is 0 Å². The van der Waals surface area contributed by atoms with Crippen LogP contribution in [0.4, 0.5) is 0 Å². The summed E-state index contributed by atoms with van der Waals surface area (Å²) in [4.78, 5) is 0. The maximum atomic E-state index is 6.47. The fourth-order valence-electron chi connectivity index (χ4n) is 4.39. The fraction of sp³-hybridized carbons (Fsp3) is 0.613. The second-order valence-electron chi connectivity index (χ2n) is 9.43. The minimum atomic E-state index is 0.790. The third-order valence-corrected chi connectivity index (χ3v) is 6.30. The molecule has 2 aromatic carbocycles. The fourth-order valence-corrected chi connectivity index (χ4v) is 4.39. The van der Waals surface area contributed by atoms with E-state index >= 15 is 0 Å². The lowest BCUT2D eigenvalue weighted by Crippen LogP contribution is -2.04. The molecule has 0 N–H and O–H groups in total. The Morgan fingerprint density at radius 3 is 1.53 bits per heavy atom. The van der Waals surface area contributed by atoms with E-state index in [4.69, 9.17) is 4.74 Å². The van der Waals surface area contributed by atoms with Gasteiger partial charge in [0.1, 0.15) is 5.75 Å². The molecule has 0 aliphatic rings. The molecule has 0 bridgehead atoms. The normalized spacial score (nSPS) is 11.2. The summed E-state index contributed by atoms with van der Waals surface area (Å²) in [7, 11) is 0. The van der Waals surface area contributed by atoms with Crippen molar-refractivity contribution < 1.29 is 4.74 Å². The molecule has 1 heteroatoms. The highest BCUT2D eigenvalue weighted by molar-refractivity contribution is 5.74. The molecule has 0 spiro atoms. The van der Waals surface area contributed by atoms with Gasteiger partial charge < -0.3 is 4.74 Å². The van der Waals surface area contributed by atoms with Gasteiger partial charge in [0, 0.05) is 5.56 Å². The van der Waals surface area contributed by atoms with Crippen molar-refractivity contribution >= 4 is 0 Å². The Kier molecular flexibility index (Phi) is 12.5. The summed E-state index contributed by atoms with van der Waals surface area (Å²) in [5.41, 5.74) is 8.57. The van der Waals surface area contributed by atoms with Crippen LogP contribution < -0.4 is 4.74 Å². The quantitative estimate of drug-likeness (QED) is 0.254. The summed E-state index contributed by atoms with van der Waals surface area (Å²) in [5.74, 6) is 1.15. The van der Waals surface area contributed by atoms with Crippen LogP contribution in [-0.2, 0) is 25.7 Å². The Balaban J connectivity index is 2.61. The minimum absolute atomic E-state index is 0.790. The van der Waals surface area contributed by atoms with Crippen LogP contribution >= 0.6 is 0 Å². The zero-order chi connectivity index (χ0) is 23.2. The van der Waals surface area contributed by atoms with E-state index in [2.05, 4.69) is 65.0 Å². The Labute approximate surface area is 199 Å². The van der Waals surface area contributed by atoms with Crippen molar-refractivity contribution in [2.45, 2.75) is 118 Å². The van der Waals surface area contributed by atoms with E-state index in [1.807, 2.05) is 0 Å². The lowest BCUT2D eigenvalue weighted by atomic mass is 9.90. The largest absolute Gasteiger partial charge is 0.493 e. The summed E-state index contributed by atoms with van der Waals surface area (Å²) >= 11 is 0. The first-order valence-electron chi connectivity index (χ1n) is 13.6. The van der Waals surface area contributed by atoms with Crippen molar-refractivity contribution in [2.75, 3.05) is 6.61 Å². The lowest BCUT2D eigenvalue weighted by molar-refractivity contribution is 0.315. The van der Waals surface area contributed by atoms with Gasteiger partial charge in [-0.15, -0.1) is 0 Å². The van der Waals surface area contributed by atoms with Gasteiger partial charge in [-0.25, -0.2) is 0 Å². The molecule has 0 atom stereocenters. The Morgan fingerprint density at radius 1 is 0.531 bits per heavy atom. The van der Waals surface area contributed by atoms with E-state index in [0.29, 0.717) is 0 Å². The van der Waals surface area contributed by atoms with E-state index in [9.17, 15) is 0 Å². The predicted octanol–water partition coefficient (Wildman–Crippen LogP) is 9.51. The van der Waals surface area contributed by atoms with Crippen LogP contribution in [0.3, 0.4) is 0 Å². The molecular weight excluding hydrogens is 388 g/mol. The van der Waals surface area contributed by atoms with Gasteiger partial charge in [0.25, 0.3) is 0 Å². The van der Waals surface area contributed by atoms with Gasteiger partial charge in [0.2, 0.25) is 0 Å². The summed E-state index contributed by atoms with van der Waals surface area (Å²) in [6.07, 6.45) is 15.6. The molecule has 0 amide bonds. The molecule has 0 saturated carbocycles. The van der Waals surface area contributed by atoms with Crippen LogP contribution in [0.2, 0.25) is 0 Å². The van der Waals surface area contributed by atoms with E-state index in [1.54, 1.807) is 0 Å². The smallest absolute Gasteiger partial charge is 0.130 e. The Bertz CT molecular complexity index is 763. The first kappa shape index (κ1) is 26.5. The highest BCUT2D eigenvalue weighted by Crippen LogP contribution is 2.37. The van der Waals surface area contributed by atoms with Crippen molar-refractivity contribution in [3.63, 3.8) is 0 Å². The predicted molar refractivity (Wildman–Crippen MR) is 142 cm³/mol. The van der Waals surface area contributed by atoms with Crippen molar-refractivity contribution in [1.29, 1.82) is 0 Å². The van der Waals surface area contributed by atoms with Crippen LogP contribution in [0, 0.1) is 0 Å². The molecule has 2 aromatic rings. The number of hydrogen-bond acceptors (Lipinski definition) is 1. The van der Waals surface area contributed by atoms with Crippen LogP contribution in [-0.4, -0.2) is 6.61 Å². The third kappa shape index (κ3) is 8.30. The van der Waals surface area contributed by atoms with Gasteiger partial charge in [-0.05, 0) is 91.7 Å². The van der Waals surface area contributed by atoms with Gasteiger partial charge in [0.05, 0.1) is 6.61 Å². The van der Waals surface area contributed by atoms with Crippen molar-refractivity contribution in [3.8, 4) is 16.9 Å². The van der Waals surface area contributed by atoms with Crippen molar-refractivity contribution in [3.05, 3.63) is 52.6 Å². The summed E-state index contributed by atoms with van der Waals surface area (Å²) < 4.78 is 6.47. The van der Waals surface area contributed by atoms with E-state index in [1.165, 1.54) is 97.6 Å². The molecule has 178 valence electrons. The highest BCUT2D eigenvalue weighted by atomic mass is 16.5. The third-order valence-electron chi connectivity index (χ3n) is 6.30. The highest BCUT2D eigenvalue weighted by Gasteiger charge is 2.16. The van der Waals surface area contributed by atoms with Crippen molar-refractivity contribution in [1.82, 2.24) is 0 Å².